The summed E-state index contributed by atoms with van der Waals surface area (Å²) in [5, 5.41) is 0. The van der Waals surface area contributed by atoms with E-state index in [9.17, 15) is 0 Å². The van der Waals surface area contributed by atoms with Crippen molar-refractivity contribution in [1.82, 2.24) is 0 Å². The molecule has 248 valence electrons. The van der Waals surface area contributed by atoms with Crippen molar-refractivity contribution >= 4 is 0 Å². The second kappa shape index (κ2) is 35.9. The fourth-order valence-electron chi connectivity index (χ4n) is 5.50. The van der Waals surface area contributed by atoms with Crippen LogP contribution in [0.4, 0.5) is 0 Å². The van der Waals surface area contributed by atoms with E-state index in [1.165, 1.54) is 189 Å². The number of rotatable bonds is 28. The molecule has 0 heterocycles. The van der Waals surface area contributed by atoms with Crippen LogP contribution in [0.3, 0.4) is 0 Å². The van der Waals surface area contributed by atoms with Gasteiger partial charge in [-0.25, -0.2) is 0 Å². The number of hydrogen-bond donors (Lipinski definition) is 0. The van der Waals surface area contributed by atoms with Crippen molar-refractivity contribution in [2.75, 3.05) is 54.4 Å². The quantitative estimate of drug-likeness (QED) is 0.0764. The second-order valence-corrected chi connectivity index (χ2v) is 13.8. The highest BCUT2D eigenvalue weighted by Gasteiger charge is 2.14. The minimum atomic E-state index is 0. The fourth-order valence-corrected chi connectivity index (χ4v) is 5.50. The maximum Gasteiger partial charge on any atom is 0.0782 e. The van der Waals surface area contributed by atoms with Crippen molar-refractivity contribution in [3.63, 3.8) is 0 Å². The van der Waals surface area contributed by atoms with Crippen molar-refractivity contribution in [3.8, 4) is 0 Å². The third-order valence-electron chi connectivity index (χ3n) is 8.47. The predicted octanol–water partition coefficient (Wildman–Crippen LogP) is 5.58. The summed E-state index contributed by atoms with van der Waals surface area (Å²) in [7, 11) is 9.66. The van der Waals surface area contributed by atoms with Gasteiger partial charge in [-0.1, -0.05) is 130 Å². The average Bonchev–Trinajstić information content (AvgIpc) is 2.88. The molecule has 0 unspecified atom stereocenters. The van der Waals surface area contributed by atoms with Crippen LogP contribution < -0.4 is 29.4 Å². The SMILES string of the molecule is CCCCCCCC[N+](C)(C)CCCCCCCC.CCCCCCCC[N+](C)(C)CCCCCCCC.[Br-].[Cl-]. The van der Waals surface area contributed by atoms with Crippen LogP contribution in [-0.4, -0.2) is 63.3 Å². The summed E-state index contributed by atoms with van der Waals surface area (Å²) in [6.07, 6.45) is 34.2. The zero-order valence-corrected chi connectivity index (χ0v) is 31.8. The third-order valence-corrected chi connectivity index (χ3v) is 8.47. The number of quaternary nitrogens is 2. The van der Waals surface area contributed by atoms with E-state index >= 15 is 0 Å². The molecule has 0 aliphatic heterocycles. The Kier molecular flexibility index (Phi) is 42.7. The van der Waals surface area contributed by atoms with E-state index in [1.54, 1.807) is 0 Å². The van der Waals surface area contributed by atoms with E-state index in [0.29, 0.717) is 0 Å². The molecule has 0 N–H and O–H groups in total. The zero-order chi connectivity index (χ0) is 28.8. The smallest absolute Gasteiger partial charge is 0.0782 e. The first-order valence-corrected chi connectivity index (χ1v) is 17.9. The summed E-state index contributed by atoms with van der Waals surface area (Å²) in [6.45, 7) is 14.7. The van der Waals surface area contributed by atoms with Gasteiger partial charge in [-0.05, 0) is 51.4 Å². The number of hydrogen-bond acceptors (Lipinski definition) is 0. The first-order valence-electron chi connectivity index (χ1n) is 17.9. The Hall–Kier alpha value is 0.690. The van der Waals surface area contributed by atoms with Crippen LogP contribution in [0.5, 0.6) is 0 Å². The number of unbranched alkanes of at least 4 members (excludes halogenated alkanes) is 20. The molecule has 4 heteroatoms. The molecule has 0 amide bonds. The molecule has 0 saturated heterocycles. The molecule has 0 aliphatic carbocycles. The molecule has 0 radical (unpaired) electrons. The zero-order valence-electron chi connectivity index (χ0n) is 29.4. The van der Waals surface area contributed by atoms with E-state index in [0.717, 1.165) is 0 Å². The third kappa shape index (κ3) is 40.8. The van der Waals surface area contributed by atoms with Crippen LogP contribution in [0.25, 0.3) is 0 Å². The number of nitrogens with zero attached hydrogens (tertiary/aromatic N) is 2. The van der Waals surface area contributed by atoms with E-state index in [-0.39, 0.29) is 29.4 Å². The minimum absolute atomic E-state index is 0. The lowest BCUT2D eigenvalue weighted by molar-refractivity contribution is -0.890. The van der Waals surface area contributed by atoms with Gasteiger partial charge in [0.25, 0.3) is 0 Å². The molecular weight excluding hydrogens is 576 g/mol. The van der Waals surface area contributed by atoms with E-state index in [2.05, 4.69) is 55.9 Å². The molecule has 0 rings (SSSR count). The minimum Gasteiger partial charge on any atom is -1.00 e. The van der Waals surface area contributed by atoms with Crippen molar-refractivity contribution in [1.29, 1.82) is 0 Å². The average molecular weight is 656 g/mol. The summed E-state index contributed by atoms with van der Waals surface area (Å²) in [5.41, 5.74) is 0. The van der Waals surface area contributed by atoms with Crippen molar-refractivity contribution in [3.05, 3.63) is 0 Å². The Bertz CT molecular complexity index is 367. The van der Waals surface area contributed by atoms with E-state index in [1.807, 2.05) is 0 Å². The van der Waals surface area contributed by atoms with Gasteiger partial charge >= 0.3 is 0 Å². The monoisotopic (exact) mass is 655 g/mol. The molecule has 0 atom stereocenters. The van der Waals surface area contributed by atoms with Crippen LogP contribution in [0.15, 0.2) is 0 Å². The Labute approximate surface area is 273 Å². The Morgan fingerprint density at radius 2 is 0.425 bits per heavy atom. The van der Waals surface area contributed by atoms with Crippen molar-refractivity contribution in [2.45, 2.75) is 182 Å². The van der Waals surface area contributed by atoms with Gasteiger partial charge in [0.2, 0.25) is 0 Å². The Morgan fingerprint density at radius 3 is 0.600 bits per heavy atom. The highest BCUT2D eigenvalue weighted by atomic mass is 79.9. The largest absolute Gasteiger partial charge is 1.00 e. The topological polar surface area (TPSA) is 0 Å². The maximum absolute atomic E-state index is 2.41. The molecule has 0 aromatic rings. The van der Waals surface area contributed by atoms with Crippen molar-refractivity contribution < 1.29 is 38.4 Å². The van der Waals surface area contributed by atoms with Crippen LogP contribution in [0, 0.1) is 0 Å². The summed E-state index contributed by atoms with van der Waals surface area (Å²) in [5.74, 6) is 0. The summed E-state index contributed by atoms with van der Waals surface area (Å²) in [6, 6.07) is 0. The van der Waals surface area contributed by atoms with Crippen LogP contribution in [0.1, 0.15) is 182 Å². The molecular formula is C36H80BrClN2. The lowest BCUT2D eigenvalue weighted by Gasteiger charge is -2.30. The second-order valence-electron chi connectivity index (χ2n) is 13.8. The van der Waals surface area contributed by atoms with Gasteiger partial charge in [0.15, 0.2) is 0 Å². The van der Waals surface area contributed by atoms with E-state index < -0.39 is 0 Å². The van der Waals surface area contributed by atoms with Gasteiger partial charge in [0.1, 0.15) is 0 Å². The van der Waals surface area contributed by atoms with Crippen molar-refractivity contribution in [2.24, 2.45) is 0 Å². The normalized spacial score (nSPS) is 11.4. The molecule has 0 spiro atoms. The molecule has 2 nitrogen and oxygen atoms in total. The van der Waals surface area contributed by atoms with Crippen LogP contribution in [-0.2, 0) is 0 Å². The fraction of sp³-hybridized carbons (Fsp3) is 1.00. The van der Waals surface area contributed by atoms with Gasteiger partial charge < -0.3 is 38.4 Å². The van der Waals surface area contributed by atoms with Gasteiger partial charge in [-0.2, -0.15) is 0 Å². The summed E-state index contributed by atoms with van der Waals surface area (Å²) in [4.78, 5) is 0. The van der Waals surface area contributed by atoms with Gasteiger partial charge in [0, 0.05) is 0 Å². The highest BCUT2D eigenvalue weighted by molar-refractivity contribution is 4.48. The summed E-state index contributed by atoms with van der Waals surface area (Å²) >= 11 is 0. The molecule has 0 saturated carbocycles. The molecule has 0 bridgehead atoms. The molecule has 0 aromatic heterocycles. The lowest BCUT2D eigenvalue weighted by Crippen LogP contribution is -3.00. The van der Waals surface area contributed by atoms with E-state index in [4.69, 9.17) is 0 Å². The lowest BCUT2D eigenvalue weighted by atomic mass is 10.1. The van der Waals surface area contributed by atoms with Crippen LogP contribution >= 0.6 is 0 Å². The Morgan fingerprint density at radius 1 is 0.275 bits per heavy atom. The first-order chi connectivity index (χ1) is 18.2. The molecule has 0 aliphatic rings. The maximum atomic E-state index is 2.41. The molecule has 0 fully saturated rings. The number of halogens is 2. The van der Waals surface area contributed by atoms with Gasteiger partial charge in [-0.15, -0.1) is 0 Å². The predicted molar refractivity (Wildman–Crippen MR) is 177 cm³/mol. The van der Waals surface area contributed by atoms with Crippen LogP contribution in [0.2, 0.25) is 0 Å². The first kappa shape index (κ1) is 47.6. The van der Waals surface area contributed by atoms with Gasteiger partial charge in [0.05, 0.1) is 54.4 Å². The van der Waals surface area contributed by atoms with Gasteiger partial charge in [-0.3, -0.25) is 0 Å². The standard InChI is InChI=1S/2C18H40N.BrH.ClH/c2*1-5-7-9-11-13-15-17-19(3,4)18-16-14-12-10-8-6-2;;/h2*5-18H2,1-4H3;2*1H/q2*+1;;/p-2. The Balaban J connectivity index is -0.000000309. The molecule has 0 aromatic carbocycles. The summed E-state index contributed by atoms with van der Waals surface area (Å²) < 4.78 is 2.48. The molecule has 40 heavy (non-hydrogen) atoms. The highest BCUT2D eigenvalue weighted by Crippen LogP contribution is 2.13.